The van der Waals surface area contributed by atoms with Crippen molar-refractivity contribution in [1.82, 2.24) is 15.5 Å². The Morgan fingerprint density at radius 3 is 3.05 bits per heavy atom. The van der Waals surface area contributed by atoms with E-state index in [0.717, 1.165) is 58.5 Å². The van der Waals surface area contributed by atoms with Crippen LogP contribution in [0.5, 0.6) is 0 Å². The fraction of sp³-hybridized carbons (Fsp3) is 0.933. The summed E-state index contributed by atoms with van der Waals surface area (Å²) in [6.45, 7) is 7.29. The first kappa shape index (κ1) is 15.7. The van der Waals surface area contributed by atoms with Crippen molar-refractivity contribution >= 4 is 5.91 Å². The number of nitrogens with one attached hydrogen (secondary N) is 2. The van der Waals surface area contributed by atoms with Crippen LogP contribution in [-0.2, 0) is 9.53 Å². The molecule has 2 atom stereocenters. The Hall–Kier alpha value is -0.650. The molecule has 0 aromatic heterocycles. The SMILES string of the molecule is CCCC1(C(=O)NCC2CN(C)CCO2)CCCNC1. The third-order valence-corrected chi connectivity index (χ3v) is 4.51. The molecule has 0 bridgehead atoms. The Morgan fingerprint density at radius 2 is 2.40 bits per heavy atom. The molecule has 0 spiro atoms. The molecule has 0 radical (unpaired) electrons. The van der Waals surface area contributed by atoms with Crippen molar-refractivity contribution in [2.75, 3.05) is 46.4 Å². The summed E-state index contributed by atoms with van der Waals surface area (Å²) in [6.07, 6.45) is 4.25. The van der Waals surface area contributed by atoms with Crippen LogP contribution in [0.15, 0.2) is 0 Å². The van der Waals surface area contributed by atoms with Crippen LogP contribution in [0, 0.1) is 5.41 Å². The van der Waals surface area contributed by atoms with E-state index in [-0.39, 0.29) is 17.4 Å². The van der Waals surface area contributed by atoms with Gasteiger partial charge in [0.1, 0.15) is 0 Å². The zero-order valence-corrected chi connectivity index (χ0v) is 12.9. The van der Waals surface area contributed by atoms with E-state index in [1.807, 2.05) is 0 Å². The van der Waals surface area contributed by atoms with Crippen LogP contribution in [0.4, 0.5) is 0 Å². The van der Waals surface area contributed by atoms with E-state index in [4.69, 9.17) is 4.74 Å². The van der Waals surface area contributed by atoms with Crippen LogP contribution >= 0.6 is 0 Å². The number of rotatable bonds is 5. The molecule has 2 heterocycles. The molecule has 0 aromatic carbocycles. The molecule has 0 aliphatic carbocycles. The van der Waals surface area contributed by atoms with Crippen molar-refractivity contribution in [1.29, 1.82) is 0 Å². The summed E-state index contributed by atoms with van der Waals surface area (Å²) in [4.78, 5) is 14.9. The molecule has 2 N–H and O–H groups in total. The van der Waals surface area contributed by atoms with E-state index in [1.54, 1.807) is 0 Å². The molecule has 0 saturated carbocycles. The van der Waals surface area contributed by atoms with Crippen molar-refractivity contribution in [3.05, 3.63) is 0 Å². The van der Waals surface area contributed by atoms with Gasteiger partial charge in [-0.15, -0.1) is 0 Å². The van der Waals surface area contributed by atoms with Gasteiger partial charge in [-0.2, -0.15) is 0 Å². The van der Waals surface area contributed by atoms with Crippen molar-refractivity contribution in [2.45, 2.75) is 38.7 Å². The average Bonchev–Trinajstić information content (AvgIpc) is 2.46. The van der Waals surface area contributed by atoms with Gasteiger partial charge < -0.3 is 20.3 Å². The summed E-state index contributed by atoms with van der Waals surface area (Å²) in [5.74, 6) is 0.211. The highest BCUT2D eigenvalue weighted by Gasteiger charge is 2.38. The summed E-state index contributed by atoms with van der Waals surface area (Å²) >= 11 is 0. The van der Waals surface area contributed by atoms with Gasteiger partial charge in [-0.1, -0.05) is 13.3 Å². The topological polar surface area (TPSA) is 53.6 Å². The number of amides is 1. The number of carbonyl (C=O) groups excluding carboxylic acids is 1. The number of nitrogens with zero attached hydrogens (tertiary/aromatic N) is 1. The van der Waals surface area contributed by atoms with Crippen LogP contribution in [0.3, 0.4) is 0 Å². The normalized spacial score (nSPS) is 32.0. The van der Waals surface area contributed by atoms with Crippen molar-refractivity contribution in [2.24, 2.45) is 5.41 Å². The first-order valence-electron chi connectivity index (χ1n) is 7.95. The second-order valence-corrected chi connectivity index (χ2v) is 6.28. The second-order valence-electron chi connectivity index (χ2n) is 6.28. The summed E-state index contributed by atoms with van der Waals surface area (Å²) in [6, 6.07) is 0. The van der Waals surface area contributed by atoms with Gasteiger partial charge in [0.2, 0.25) is 5.91 Å². The first-order chi connectivity index (χ1) is 9.66. The van der Waals surface area contributed by atoms with Gasteiger partial charge in [-0.05, 0) is 32.9 Å². The van der Waals surface area contributed by atoms with Crippen LogP contribution in [0.25, 0.3) is 0 Å². The van der Waals surface area contributed by atoms with E-state index >= 15 is 0 Å². The number of morpholine rings is 1. The number of carbonyl (C=O) groups is 1. The third-order valence-electron chi connectivity index (χ3n) is 4.51. The minimum Gasteiger partial charge on any atom is -0.374 e. The Bertz CT molecular complexity index is 311. The smallest absolute Gasteiger partial charge is 0.227 e. The number of piperidine rings is 1. The highest BCUT2D eigenvalue weighted by atomic mass is 16.5. The van der Waals surface area contributed by atoms with Crippen LogP contribution in [0.2, 0.25) is 0 Å². The maximum absolute atomic E-state index is 12.6. The molecule has 2 saturated heterocycles. The van der Waals surface area contributed by atoms with E-state index in [0.29, 0.717) is 6.54 Å². The number of hydrogen-bond donors (Lipinski definition) is 2. The predicted octanol–water partition coefficient (Wildman–Crippen LogP) is 0.603. The molecule has 1 amide bonds. The second kappa shape index (κ2) is 7.38. The lowest BCUT2D eigenvalue weighted by atomic mass is 9.76. The van der Waals surface area contributed by atoms with Crippen LogP contribution in [0.1, 0.15) is 32.6 Å². The maximum atomic E-state index is 12.6. The zero-order chi connectivity index (χ0) is 14.4. The lowest BCUT2D eigenvalue weighted by molar-refractivity contribution is -0.133. The average molecular weight is 283 g/mol. The molecule has 2 aliphatic heterocycles. The number of likely N-dealkylation sites (N-methyl/N-ethyl adjacent to an activating group) is 1. The van der Waals surface area contributed by atoms with E-state index in [2.05, 4.69) is 29.5 Å². The Balaban J connectivity index is 1.85. The lowest BCUT2D eigenvalue weighted by Gasteiger charge is -2.37. The summed E-state index contributed by atoms with van der Waals surface area (Å²) in [5.41, 5.74) is -0.201. The molecule has 2 unspecified atom stereocenters. The standard InChI is InChI=1S/C15H29N3O2/c1-3-5-15(6-4-7-16-12-15)14(19)17-10-13-11-18(2)8-9-20-13/h13,16H,3-12H2,1-2H3,(H,17,19). The molecule has 20 heavy (non-hydrogen) atoms. The van der Waals surface area contributed by atoms with Gasteiger partial charge in [0.05, 0.1) is 18.1 Å². The first-order valence-corrected chi connectivity index (χ1v) is 7.95. The van der Waals surface area contributed by atoms with E-state index in [1.165, 1.54) is 0 Å². The predicted molar refractivity (Wildman–Crippen MR) is 79.7 cm³/mol. The summed E-state index contributed by atoms with van der Waals surface area (Å²) in [5, 5.41) is 6.52. The van der Waals surface area contributed by atoms with Crippen LogP contribution in [-0.4, -0.2) is 63.3 Å². The molecule has 5 heteroatoms. The molecular formula is C15H29N3O2. The lowest BCUT2D eigenvalue weighted by Crippen LogP contribution is -2.53. The quantitative estimate of drug-likeness (QED) is 0.776. The Kier molecular flexibility index (Phi) is 5.81. The molecule has 116 valence electrons. The van der Waals surface area contributed by atoms with E-state index in [9.17, 15) is 4.79 Å². The van der Waals surface area contributed by atoms with Gasteiger partial charge in [0, 0.05) is 26.2 Å². The highest BCUT2D eigenvalue weighted by molar-refractivity contribution is 5.83. The third kappa shape index (κ3) is 3.93. The van der Waals surface area contributed by atoms with Gasteiger partial charge in [0.15, 0.2) is 0 Å². The maximum Gasteiger partial charge on any atom is 0.227 e. The van der Waals surface area contributed by atoms with Crippen LogP contribution < -0.4 is 10.6 Å². The zero-order valence-electron chi connectivity index (χ0n) is 12.9. The molecule has 2 rings (SSSR count). The summed E-state index contributed by atoms with van der Waals surface area (Å²) in [7, 11) is 2.10. The number of ether oxygens (including phenoxy) is 1. The fourth-order valence-electron chi connectivity index (χ4n) is 3.35. The molecular weight excluding hydrogens is 254 g/mol. The molecule has 2 aliphatic rings. The minimum absolute atomic E-state index is 0.132. The van der Waals surface area contributed by atoms with Gasteiger partial charge in [-0.3, -0.25) is 4.79 Å². The van der Waals surface area contributed by atoms with Crippen molar-refractivity contribution < 1.29 is 9.53 Å². The Labute approximate surface area is 122 Å². The van der Waals surface area contributed by atoms with Crippen molar-refractivity contribution in [3.63, 3.8) is 0 Å². The monoisotopic (exact) mass is 283 g/mol. The van der Waals surface area contributed by atoms with Gasteiger partial charge in [0.25, 0.3) is 0 Å². The molecule has 5 nitrogen and oxygen atoms in total. The van der Waals surface area contributed by atoms with Gasteiger partial charge >= 0.3 is 0 Å². The molecule has 0 aromatic rings. The summed E-state index contributed by atoms with van der Waals surface area (Å²) < 4.78 is 5.71. The Morgan fingerprint density at radius 1 is 1.55 bits per heavy atom. The largest absolute Gasteiger partial charge is 0.374 e. The van der Waals surface area contributed by atoms with Crippen molar-refractivity contribution in [3.8, 4) is 0 Å². The minimum atomic E-state index is -0.201. The fourth-order valence-corrected chi connectivity index (χ4v) is 3.35. The molecule has 2 fully saturated rings. The highest BCUT2D eigenvalue weighted by Crippen LogP contribution is 2.31. The van der Waals surface area contributed by atoms with Gasteiger partial charge in [-0.25, -0.2) is 0 Å². The number of hydrogen-bond acceptors (Lipinski definition) is 4. The van der Waals surface area contributed by atoms with E-state index < -0.39 is 0 Å².